The van der Waals surface area contributed by atoms with Gasteiger partial charge in [-0.05, 0) is 36.8 Å². The molecular formula is C26H21FN2O3. The molecule has 0 bridgehead atoms. The van der Waals surface area contributed by atoms with Gasteiger partial charge in [0.1, 0.15) is 17.1 Å². The van der Waals surface area contributed by atoms with Crippen molar-refractivity contribution in [1.82, 2.24) is 4.90 Å². The monoisotopic (exact) mass is 428 g/mol. The lowest BCUT2D eigenvalue weighted by atomic mass is 9.73. The molecule has 32 heavy (non-hydrogen) atoms. The Morgan fingerprint density at radius 3 is 2.50 bits per heavy atom. The van der Waals surface area contributed by atoms with Crippen molar-refractivity contribution >= 4 is 17.6 Å². The Morgan fingerprint density at radius 1 is 0.969 bits per heavy atom. The number of fused-ring (bicyclic) bond motifs is 5. The SMILES string of the molecule is C[C@@]12C(=O)N(c3cccc(F)c3)C(=O)N1[C@@H]1c3ccccc3OC[C@@H]1[C@H]2c1ccccc1. The number of ether oxygens (including phenoxy) is 1. The van der Waals surface area contributed by atoms with Gasteiger partial charge in [-0.15, -0.1) is 0 Å². The van der Waals surface area contributed by atoms with Crippen LogP contribution in [0.5, 0.6) is 5.75 Å². The predicted molar refractivity (Wildman–Crippen MR) is 117 cm³/mol. The van der Waals surface area contributed by atoms with Gasteiger partial charge in [-0.1, -0.05) is 54.6 Å². The van der Waals surface area contributed by atoms with Gasteiger partial charge in [0.05, 0.1) is 18.3 Å². The first-order valence-corrected chi connectivity index (χ1v) is 10.7. The molecule has 6 rings (SSSR count). The Hall–Kier alpha value is -3.67. The van der Waals surface area contributed by atoms with Crippen LogP contribution in [0, 0.1) is 11.7 Å². The minimum absolute atomic E-state index is 0.0835. The quantitative estimate of drug-likeness (QED) is 0.546. The van der Waals surface area contributed by atoms with Gasteiger partial charge >= 0.3 is 6.03 Å². The van der Waals surface area contributed by atoms with E-state index in [-0.39, 0.29) is 29.5 Å². The molecule has 3 aromatic rings. The number of imide groups is 1. The Morgan fingerprint density at radius 2 is 1.72 bits per heavy atom. The van der Waals surface area contributed by atoms with Crippen LogP contribution in [0.4, 0.5) is 14.9 Å². The fourth-order valence-electron chi connectivity index (χ4n) is 5.88. The van der Waals surface area contributed by atoms with Crippen LogP contribution in [-0.2, 0) is 4.79 Å². The highest BCUT2D eigenvalue weighted by Crippen LogP contribution is 2.61. The highest BCUT2D eigenvalue weighted by Gasteiger charge is 2.70. The number of halogens is 1. The molecule has 3 amide bonds. The summed E-state index contributed by atoms with van der Waals surface area (Å²) >= 11 is 0. The van der Waals surface area contributed by atoms with E-state index in [0.717, 1.165) is 21.8 Å². The topological polar surface area (TPSA) is 49.9 Å². The van der Waals surface area contributed by atoms with Crippen LogP contribution in [0.25, 0.3) is 0 Å². The maximum atomic E-state index is 14.0. The molecule has 160 valence electrons. The van der Waals surface area contributed by atoms with Crippen LogP contribution >= 0.6 is 0 Å². The van der Waals surface area contributed by atoms with Crippen LogP contribution in [0.3, 0.4) is 0 Å². The molecule has 0 aliphatic carbocycles. The van der Waals surface area contributed by atoms with Crippen LogP contribution in [-0.4, -0.2) is 29.0 Å². The molecule has 0 N–H and O–H groups in total. The molecule has 3 heterocycles. The van der Waals surface area contributed by atoms with Gasteiger partial charge < -0.3 is 9.64 Å². The average molecular weight is 428 g/mol. The standard InChI is InChI=1S/C26H21FN2O3/c1-26-22(16-8-3-2-4-9-16)20-15-32-21-13-6-5-12-19(21)23(20)29(26)25(31)28(24(26)30)18-11-7-10-17(27)14-18/h2-14,20,22-23H,15H2,1H3/t20-,22-,23-,26-/m1/s1. The first-order valence-electron chi connectivity index (χ1n) is 10.7. The van der Waals surface area contributed by atoms with Crippen molar-refractivity contribution in [2.75, 3.05) is 11.5 Å². The molecule has 2 fully saturated rings. The van der Waals surface area contributed by atoms with E-state index in [2.05, 4.69) is 0 Å². The number of rotatable bonds is 2. The molecule has 0 aromatic heterocycles. The van der Waals surface area contributed by atoms with Crippen molar-refractivity contribution in [2.45, 2.75) is 24.4 Å². The van der Waals surface area contributed by atoms with Gasteiger partial charge in [0.25, 0.3) is 5.91 Å². The summed E-state index contributed by atoms with van der Waals surface area (Å²) in [4.78, 5) is 30.6. The molecule has 3 aliphatic rings. The van der Waals surface area contributed by atoms with E-state index >= 15 is 0 Å². The highest BCUT2D eigenvalue weighted by atomic mass is 19.1. The summed E-state index contributed by atoms with van der Waals surface area (Å²) in [6.45, 7) is 2.25. The Labute approximate surface area is 185 Å². The number of hydrogen-bond donors (Lipinski definition) is 0. The summed E-state index contributed by atoms with van der Waals surface area (Å²) < 4.78 is 20.1. The van der Waals surface area contributed by atoms with E-state index in [0.29, 0.717) is 6.61 Å². The van der Waals surface area contributed by atoms with E-state index in [1.807, 2.05) is 61.5 Å². The molecule has 6 heteroatoms. The lowest BCUT2D eigenvalue weighted by molar-refractivity contribution is -0.124. The number of anilines is 1. The second-order valence-corrected chi connectivity index (χ2v) is 8.77. The normalized spacial score (nSPS) is 28.2. The van der Waals surface area contributed by atoms with Crippen molar-refractivity contribution in [1.29, 1.82) is 0 Å². The Balaban J connectivity index is 1.57. The van der Waals surface area contributed by atoms with Gasteiger partial charge in [0.15, 0.2) is 0 Å². The Kier molecular flexibility index (Phi) is 3.97. The molecule has 0 unspecified atom stereocenters. The predicted octanol–water partition coefficient (Wildman–Crippen LogP) is 4.90. The summed E-state index contributed by atoms with van der Waals surface area (Å²) in [6.07, 6.45) is 0. The smallest absolute Gasteiger partial charge is 0.332 e. The Bertz CT molecular complexity index is 1250. The molecule has 5 nitrogen and oxygen atoms in total. The average Bonchev–Trinajstić information content (AvgIpc) is 3.19. The lowest BCUT2D eigenvalue weighted by Gasteiger charge is -2.34. The number of nitrogens with zero attached hydrogens (tertiary/aromatic N) is 2. The molecule has 3 aliphatic heterocycles. The van der Waals surface area contributed by atoms with Gasteiger partial charge in [-0.3, -0.25) is 4.79 Å². The summed E-state index contributed by atoms with van der Waals surface area (Å²) in [5, 5.41) is 0. The van der Waals surface area contributed by atoms with Gasteiger partial charge in [0.2, 0.25) is 0 Å². The fraction of sp³-hybridized carbons (Fsp3) is 0.231. The number of benzene rings is 3. The third-order valence-corrected chi connectivity index (χ3v) is 7.15. The zero-order valence-electron chi connectivity index (χ0n) is 17.4. The number of para-hydroxylation sites is 1. The van der Waals surface area contributed by atoms with Gasteiger partial charge in [0, 0.05) is 17.4 Å². The summed E-state index contributed by atoms with van der Waals surface area (Å²) in [5.74, 6) is -0.450. The number of carbonyl (C=O) groups is 2. The molecule has 3 aromatic carbocycles. The van der Waals surface area contributed by atoms with Gasteiger partial charge in [-0.25, -0.2) is 14.1 Å². The highest BCUT2D eigenvalue weighted by molar-refractivity contribution is 6.24. The van der Waals surface area contributed by atoms with Crippen molar-refractivity contribution < 1.29 is 18.7 Å². The van der Waals surface area contributed by atoms with Crippen molar-refractivity contribution in [3.05, 3.63) is 95.8 Å². The van der Waals surface area contributed by atoms with E-state index < -0.39 is 17.4 Å². The molecule has 0 spiro atoms. The zero-order chi connectivity index (χ0) is 22.0. The second kappa shape index (κ2) is 6.66. The minimum atomic E-state index is -1.12. The minimum Gasteiger partial charge on any atom is -0.493 e. The zero-order valence-corrected chi connectivity index (χ0v) is 17.4. The van der Waals surface area contributed by atoms with Gasteiger partial charge in [-0.2, -0.15) is 0 Å². The maximum absolute atomic E-state index is 14.0. The van der Waals surface area contributed by atoms with E-state index in [1.54, 1.807) is 11.0 Å². The number of carbonyl (C=O) groups excluding carboxylic acids is 2. The molecule has 4 atom stereocenters. The first kappa shape index (κ1) is 19.0. The van der Waals surface area contributed by atoms with Crippen molar-refractivity contribution in [3.8, 4) is 5.75 Å². The van der Waals surface area contributed by atoms with Crippen molar-refractivity contribution in [2.24, 2.45) is 5.92 Å². The fourth-order valence-corrected chi connectivity index (χ4v) is 5.88. The first-order chi connectivity index (χ1) is 15.5. The largest absolute Gasteiger partial charge is 0.493 e. The molecule has 0 saturated carbocycles. The number of hydrogen-bond acceptors (Lipinski definition) is 3. The molecular weight excluding hydrogens is 407 g/mol. The maximum Gasteiger partial charge on any atom is 0.332 e. The summed E-state index contributed by atoms with van der Waals surface area (Å²) in [5.41, 5.74) is 1.01. The number of amides is 3. The summed E-state index contributed by atoms with van der Waals surface area (Å²) in [6, 6.07) is 22.4. The third-order valence-electron chi connectivity index (χ3n) is 7.15. The van der Waals surface area contributed by atoms with Crippen LogP contribution in [0.2, 0.25) is 0 Å². The van der Waals surface area contributed by atoms with E-state index in [1.165, 1.54) is 18.2 Å². The number of urea groups is 1. The molecule has 2 saturated heterocycles. The third kappa shape index (κ3) is 2.38. The van der Waals surface area contributed by atoms with Crippen molar-refractivity contribution in [3.63, 3.8) is 0 Å². The van der Waals surface area contributed by atoms with Crippen LogP contribution in [0.1, 0.15) is 30.0 Å². The van der Waals surface area contributed by atoms with E-state index in [9.17, 15) is 14.0 Å². The van der Waals surface area contributed by atoms with Crippen LogP contribution in [0.15, 0.2) is 78.9 Å². The molecule has 0 radical (unpaired) electrons. The van der Waals surface area contributed by atoms with E-state index in [4.69, 9.17) is 4.74 Å². The summed E-state index contributed by atoms with van der Waals surface area (Å²) in [7, 11) is 0. The van der Waals surface area contributed by atoms with Crippen LogP contribution < -0.4 is 9.64 Å². The lowest BCUT2D eigenvalue weighted by Crippen LogP contribution is -2.46. The second-order valence-electron chi connectivity index (χ2n) is 8.77.